The minimum absolute atomic E-state index is 0.525. The van der Waals surface area contributed by atoms with Crippen LogP contribution in [0.3, 0.4) is 0 Å². The first-order valence-corrected chi connectivity index (χ1v) is 2.03. The predicted octanol–water partition coefficient (Wildman–Crippen LogP) is 1.95. The van der Waals surface area contributed by atoms with Crippen LogP contribution in [0.5, 0.6) is 0 Å². The van der Waals surface area contributed by atoms with Gasteiger partial charge in [0.25, 0.3) is 6.43 Å². The lowest BCUT2D eigenvalue weighted by atomic mass is 10.2. The van der Waals surface area contributed by atoms with E-state index in [0.717, 1.165) is 0 Å². The van der Waals surface area contributed by atoms with Gasteiger partial charge in [-0.2, -0.15) is 0 Å². The fourth-order valence-corrected chi connectivity index (χ4v) is 0.0583. The van der Waals surface area contributed by atoms with Crippen molar-refractivity contribution in [3.05, 3.63) is 0 Å². The molecule has 0 saturated heterocycles. The molecular formula is C4H6F4. The van der Waals surface area contributed by atoms with E-state index in [-0.39, 0.29) is 0 Å². The van der Waals surface area contributed by atoms with E-state index >= 15 is 0 Å². The van der Waals surface area contributed by atoms with Crippen molar-refractivity contribution in [3.63, 3.8) is 0 Å². The molecule has 0 N–H and O–H groups in total. The van der Waals surface area contributed by atoms with E-state index in [2.05, 4.69) is 0 Å². The van der Waals surface area contributed by atoms with Crippen LogP contribution < -0.4 is 0 Å². The summed E-state index contributed by atoms with van der Waals surface area (Å²) >= 11 is 0. The van der Waals surface area contributed by atoms with Crippen molar-refractivity contribution < 1.29 is 17.6 Å². The van der Waals surface area contributed by atoms with E-state index in [4.69, 9.17) is 0 Å². The second-order valence-corrected chi connectivity index (χ2v) is 1.71. The molecule has 1 unspecified atom stereocenters. The first-order valence-electron chi connectivity index (χ1n) is 2.03. The lowest BCUT2D eigenvalue weighted by molar-refractivity contribution is -0.0360. The summed E-state index contributed by atoms with van der Waals surface area (Å²) in [6.07, 6.45) is -3.23. The summed E-state index contributed by atoms with van der Waals surface area (Å²) in [5.41, 5.74) is -2.96. The maximum absolute atomic E-state index is 11.8. The zero-order chi connectivity index (χ0) is 6.78. The Morgan fingerprint density at radius 1 is 1.50 bits per heavy atom. The molecule has 0 radical (unpaired) electrons. The topological polar surface area (TPSA) is 0 Å². The quantitative estimate of drug-likeness (QED) is 0.501. The van der Waals surface area contributed by atoms with Gasteiger partial charge >= 0.3 is 0 Å². The Morgan fingerprint density at radius 2 is 1.88 bits per heavy atom. The monoisotopic (exact) mass is 130 g/mol. The van der Waals surface area contributed by atoms with E-state index in [1.165, 1.54) is 0 Å². The van der Waals surface area contributed by atoms with Gasteiger partial charge in [-0.05, 0) is 6.92 Å². The van der Waals surface area contributed by atoms with E-state index in [1.54, 1.807) is 0 Å². The van der Waals surface area contributed by atoms with Crippen LogP contribution in [0.15, 0.2) is 0 Å². The third kappa shape index (κ3) is 1.68. The molecule has 50 valence electrons. The Kier molecular flexibility index (Phi) is 2.25. The standard InChI is InChI=1S/C4H6F4/c1-4(8,2-5)3(6)7/h3H,2H2,1H3. The van der Waals surface area contributed by atoms with Crippen molar-refractivity contribution in [2.24, 2.45) is 0 Å². The second kappa shape index (κ2) is 2.33. The van der Waals surface area contributed by atoms with Gasteiger partial charge < -0.3 is 0 Å². The first kappa shape index (κ1) is 7.72. The van der Waals surface area contributed by atoms with Crippen LogP contribution in [0.1, 0.15) is 6.92 Å². The molecular weight excluding hydrogens is 124 g/mol. The molecule has 0 fully saturated rings. The Labute approximate surface area is 44.5 Å². The highest BCUT2D eigenvalue weighted by molar-refractivity contribution is 4.73. The fraction of sp³-hybridized carbons (Fsp3) is 1.00. The highest BCUT2D eigenvalue weighted by Crippen LogP contribution is 2.19. The van der Waals surface area contributed by atoms with Crippen LogP contribution in [0, 0.1) is 0 Å². The molecule has 0 saturated carbocycles. The van der Waals surface area contributed by atoms with Gasteiger partial charge in [0, 0.05) is 0 Å². The van der Waals surface area contributed by atoms with Crippen LogP contribution in [-0.2, 0) is 0 Å². The van der Waals surface area contributed by atoms with E-state index in [0.29, 0.717) is 6.92 Å². The summed E-state index contributed by atoms with van der Waals surface area (Å²) in [5, 5.41) is 0. The first-order chi connectivity index (χ1) is 3.50. The minimum Gasteiger partial charge on any atom is -0.247 e. The summed E-state index contributed by atoms with van der Waals surface area (Å²) in [5.74, 6) is 0. The Hall–Kier alpha value is -0.280. The van der Waals surface area contributed by atoms with Crippen molar-refractivity contribution in [3.8, 4) is 0 Å². The largest absolute Gasteiger partial charge is 0.274 e. The van der Waals surface area contributed by atoms with Gasteiger partial charge in [-0.3, -0.25) is 0 Å². The molecule has 0 bridgehead atoms. The zero-order valence-corrected chi connectivity index (χ0v) is 4.30. The van der Waals surface area contributed by atoms with Gasteiger partial charge in [0.15, 0.2) is 5.67 Å². The molecule has 1 atom stereocenters. The van der Waals surface area contributed by atoms with E-state index in [1.807, 2.05) is 0 Å². The third-order valence-corrected chi connectivity index (χ3v) is 0.716. The summed E-state index contributed by atoms with van der Waals surface area (Å²) in [6.45, 7) is -1.11. The van der Waals surface area contributed by atoms with Crippen molar-refractivity contribution in [2.45, 2.75) is 19.0 Å². The van der Waals surface area contributed by atoms with E-state index < -0.39 is 18.8 Å². The molecule has 0 aliphatic rings. The molecule has 0 rings (SSSR count). The van der Waals surface area contributed by atoms with Crippen molar-refractivity contribution in [2.75, 3.05) is 6.67 Å². The summed E-state index contributed by atoms with van der Waals surface area (Å²) in [6, 6.07) is 0. The Morgan fingerprint density at radius 3 is 1.88 bits per heavy atom. The molecule has 0 heterocycles. The maximum Gasteiger partial charge on any atom is 0.274 e. The number of hydrogen-bond donors (Lipinski definition) is 0. The van der Waals surface area contributed by atoms with Gasteiger partial charge in [-0.1, -0.05) is 0 Å². The molecule has 0 aliphatic heterocycles. The van der Waals surface area contributed by atoms with Gasteiger partial charge in [0.05, 0.1) is 0 Å². The highest BCUT2D eigenvalue weighted by Gasteiger charge is 2.34. The van der Waals surface area contributed by atoms with Gasteiger partial charge in [-0.25, -0.2) is 17.6 Å². The molecule has 4 heteroatoms. The molecule has 8 heavy (non-hydrogen) atoms. The van der Waals surface area contributed by atoms with Crippen LogP contribution >= 0.6 is 0 Å². The number of alkyl halides is 4. The SMILES string of the molecule is CC(F)(CF)C(F)F. The highest BCUT2D eigenvalue weighted by atomic mass is 19.3. The molecule has 0 amide bonds. The molecule has 0 nitrogen and oxygen atoms in total. The average Bonchev–Trinajstić information content (AvgIpc) is 1.67. The molecule has 0 aliphatic carbocycles. The van der Waals surface area contributed by atoms with Crippen LogP contribution in [0.25, 0.3) is 0 Å². The Balaban J connectivity index is 3.71. The molecule has 0 spiro atoms. The lowest BCUT2D eigenvalue weighted by Crippen LogP contribution is -2.30. The van der Waals surface area contributed by atoms with Gasteiger partial charge in [-0.15, -0.1) is 0 Å². The lowest BCUT2D eigenvalue weighted by Gasteiger charge is -2.12. The van der Waals surface area contributed by atoms with Crippen molar-refractivity contribution in [1.82, 2.24) is 0 Å². The van der Waals surface area contributed by atoms with Crippen LogP contribution in [0.2, 0.25) is 0 Å². The third-order valence-electron chi connectivity index (χ3n) is 0.716. The normalized spacial score (nSPS) is 18.8. The van der Waals surface area contributed by atoms with Gasteiger partial charge in [0.1, 0.15) is 6.67 Å². The fourth-order valence-electron chi connectivity index (χ4n) is 0.0583. The summed E-state index contributed by atoms with van der Waals surface area (Å²) < 4.78 is 45.4. The van der Waals surface area contributed by atoms with Gasteiger partial charge in [0.2, 0.25) is 0 Å². The second-order valence-electron chi connectivity index (χ2n) is 1.71. The predicted molar refractivity (Wildman–Crippen MR) is 21.5 cm³/mol. The molecule has 0 aromatic rings. The average molecular weight is 130 g/mol. The number of rotatable bonds is 2. The van der Waals surface area contributed by atoms with Crippen LogP contribution in [0.4, 0.5) is 17.6 Å². The molecule has 0 aromatic heterocycles. The van der Waals surface area contributed by atoms with Crippen molar-refractivity contribution >= 4 is 0 Å². The van der Waals surface area contributed by atoms with Crippen LogP contribution in [-0.4, -0.2) is 18.8 Å². The minimum atomic E-state index is -3.23. The summed E-state index contributed by atoms with van der Waals surface area (Å²) in [7, 11) is 0. The number of hydrogen-bond acceptors (Lipinski definition) is 0. The number of halogens is 4. The van der Waals surface area contributed by atoms with Crippen molar-refractivity contribution in [1.29, 1.82) is 0 Å². The molecule has 0 aromatic carbocycles. The van der Waals surface area contributed by atoms with E-state index in [9.17, 15) is 17.6 Å². The smallest absolute Gasteiger partial charge is 0.247 e. The zero-order valence-electron chi connectivity index (χ0n) is 4.30. The summed E-state index contributed by atoms with van der Waals surface area (Å²) in [4.78, 5) is 0. The Bertz CT molecular complexity index is 68.4. The maximum atomic E-state index is 11.8.